The Hall–Kier alpha value is -3.36. The minimum absolute atomic E-state index is 0.0405. The minimum atomic E-state index is -1.18. The first kappa shape index (κ1) is 23.3. The van der Waals surface area contributed by atoms with Crippen molar-refractivity contribution in [2.24, 2.45) is 0 Å². The second-order valence-corrected chi connectivity index (χ2v) is 7.85. The molecule has 32 heavy (non-hydrogen) atoms. The molecule has 0 atom stereocenters. The second-order valence-electron chi connectivity index (χ2n) is 7.01. The van der Waals surface area contributed by atoms with E-state index < -0.39 is 11.7 Å². The van der Waals surface area contributed by atoms with E-state index in [1.807, 2.05) is 13.8 Å². The monoisotopic (exact) mass is 474 g/mol. The molecule has 10 heteroatoms. The highest BCUT2D eigenvalue weighted by molar-refractivity contribution is 6.32. The van der Waals surface area contributed by atoms with E-state index in [1.54, 1.807) is 42.5 Å². The molecule has 0 unspecified atom stereocenters. The fraction of sp³-hybridized carbons (Fsp3) is 0.182. The highest BCUT2D eigenvalue weighted by atomic mass is 35.5. The van der Waals surface area contributed by atoms with E-state index in [2.05, 4.69) is 15.3 Å². The number of nitrogens with zero attached hydrogens (tertiary/aromatic N) is 3. The Morgan fingerprint density at radius 2 is 1.91 bits per heavy atom. The Morgan fingerprint density at radius 3 is 2.53 bits per heavy atom. The van der Waals surface area contributed by atoms with Gasteiger partial charge in [-0.3, -0.25) is 4.57 Å². The van der Waals surface area contributed by atoms with Gasteiger partial charge in [-0.15, -0.1) is 0 Å². The molecule has 2 N–H and O–H groups in total. The van der Waals surface area contributed by atoms with Gasteiger partial charge in [0.25, 0.3) is 0 Å². The molecule has 0 radical (unpaired) electrons. The second kappa shape index (κ2) is 10.3. The van der Waals surface area contributed by atoms with E-state index in [4.69, 9.17) is 33.0 Å². The van der Waals surface area contributed by atoms with Crippen molar-refractivity contribution in [1.82, 2.24) is 14.5 Å². The Kier molecular flexibility index (Phi) is 7.50. The number of aliphatic carboxylic acids is 1. The number of aromatic nitrogens is 3. The molecule has 0 spiro atoms. The largest absolute Gasteiger partial charge is 0.489 e. The van der Waals surface area contributed by atoms with Crippen molar-refractivity contribution in [3.05, 3.63) is 80.5 Å². The molecule has 3 rings (SSSR count). The minimum Gasteiger partial charge on any atom is -0.489 e. The highest BCUT2D eigenvalue weighted by Gasteiger charge is 2.12. The number of hydrogen-bond acceptors (Lipinski definition) is 6. The number of carbonyl (C=O) groups is 1. The van der Waals surface area contributed by atoms with Gasteiger partial charge in [0.1, 0.15) is 5.75 Å². The highest BCUT2D eigenvalue weighted by Crippen LogP contribution is 2.29. The van der Waals surface area contributed by atoms with Gasteiger partial charge in [-0.1, -0.05) is 35.3 Å². The van der Waals surface area contributed by atoms with Crippen LogP contribution in [0, 0.1) is 0 Å². The summed E-state index contributed by atoms with van der Waals surface area (Å²) in [6.07, 6.45) is 1.96. The third kappa shape index (κ3) is 6.32. The zero-order valence-electron chi connectivity index (χ0n) is 17.3. The summed E-state index contributed by atoms with van der Waals surface area (Å²) in [5.41, 5.74) is 0.756. The van der Waals surface area contributed by atoms with Gasteiger partial charge in [-0.2, -0.15) is 9.97 Å². The zero-order valence-corrected chi connectivity index (χ0v) is 18.8. The van der Waals surface area contributed by atoms with Crippen LogP contribution in [0.25, 0.3) is 6.08 Å². The Labute approximate surface area is 194 Å². The molecule has 3 aromatic rings. The summed E-state index contributed by atoms with van der Waals surface area (Å²) < 4.78 is 6.97. The molecule has 0 amide bonds. The molecular formula is C22H20Cl2N4O4. The molecule has 8 nitrogen and oxygen atoms in total. The predicted octanol–water partition coefficient (Wildman–Crippen LogP) is 4.62. The van der Waals surface area contributed by atoms with Crippen LogP contribution in [0.4, 0.5) is 11.6 Å². The summed E-state index contributed by atoms with van der Waals surface area (Å²) in [6.45, 7) is 3.96. The van der Waals surface area contributed by atoms with Crippen molar-refractivity contribution in [3.8, 4) is 5.75 Å². The molecular weight excluding hydrogens is 455 g/mol. The van der Waals surface area contributed by atoms with Crippen molar-refractivity contribution in [3.63, 3.8) is 0 Å². The van der Waals surface area contributed by atoms with Crippen molar-refractivity contribution in [2.75, 3.05) is 5.32 Å². The van der Waals surface area contributed by atoms with Gasteiger partial charge in [0, 0.05) is 16.8 Å². The lowest BCUT2D eigenvalue weighted by Crippen LogP contribution is -2.28. The average Bonchev–Trinajstić information content (AvgIpc) is 2.72. The normalized spacial score (nSPS) is 11.2. The van der Waals surface area contributed by atoms with Crippen LogP contribution in [-0.2, 0) is 11.3 Å². The van der Waals surface area contributed by atoms with E-state index >= 15 is 0 Å². The lowest BCUT2D eigenvalue weighted by Gasteiger charge is -2.15. The number of carboxylic acids is 1. The molecule has 0 saturated carbocycles. The molecule has 0 fully saturated rings. The number of nitrogens with one attached hydrogen (secondary N) is 1. The summed E-state index contributed by atoms with van der Waals surface area (Å²) >= 11 is 12.3. The van der Waals surface area contributed by atoms with E-state index in [0.29, 0.717) is 21.5 Å². The maximum absolute atomic E-state index is 12.7. The fourth-order valence-electron chi connectivity index (χ4n) is 2.73. The zero-order chi connectivity index (χ0) is 23.3. The number of anilines is 2. The van der Waals surface area contributed by atoms with Gasteiger partial charge in [0.05, 0.1) is 17.7 Å². The molecule has 166 valence electrons. The molecule has 0 saturated heterocycles. The summed E-state index contributed by atoms with van der Waals surface area (Å²) in [7, 11) is 0. The molecule has 0 aliphatic carbocycles. The number of rotatable bonds is 8. The molecule has 0 bridgehead atoms. The van der Waals surface area contributed by atoms with E-state index in [1.165, 1.54) is 4.57 Å². The van der Waals surface area contributed by atoms with Gasteiger partial charge in [-0.25, -0.2) is 9.59 Å². The molecule has 1 aromatic heterocycles. The predicted molar refractivity (Wildman–Crippen MR) is 124 cm³/mol. The third-order valence-corrected chi connectivity index (χ3v) is 4.64. The van der Waals surface area contributed by atoms with Crippen LogP contribution in [0.5, 0.6) is 5.75 Å². The topological polar surface area (TPSA) is 106 Å². The number of ether oxygens (including phenoxy) is 1. The van der Waals surface area contributed by atoms with Crippen LogP contribution < -0.4 is 15.7 Å². The van der Waals surface area contributed by atoms with Gasteiger partial charge >= 0.3 is 11.7 Å². The Morgan fingerprint density at radius 1 is 1.19 bits per heavy atom. The van der Waals surface area contributed by atoms with Crippen molar-refractivity contribution < 1.29 is 14.6 Å². The summed E-state index contributed by atoms with van der Waals surface area (Å²) in [6, 6.07) is 12.1. The van der Waals surface area contributed by atoms with Crippen LogP contribution in [-0.4, -0.2) is 31.7 Å². The molecule has 1 heterocycles. The summed E-state index contributed by atoms with van der Waals surface area (Å²) in [5.74, 6) is -0.531. The third-order valence-electron chi connectivity index (χ3n) is 4.10. The lowest BCUT2D eigenvalue weighted by molar-refractivity contribution is -0.131. The van der Waals surface area contributed by atoms with Gasteiger partial charge < -0.3 is 15.2 Å². The van der Waals surface area contributed by atoms with Crippen molar-refractivity contribution in [1.29, 1.82) is 0 Å². The van der Waals surface area contributed by atoms with E-state index in [-0.39, 0.29) is 24.4 Å². The van der Waals surface area contributed by atoms with Crippen LogP contribution in [0.1, 0.15) is 25.2 Å². The maximum atomic E-state index is 12.7. The number of hydrogen-bond donors (Lipinski definition) is 2. The van der Waals surface area contributed by atoms with Crippen LogP contribution >= 0.6 is 23.2 Å². The number of benzene rings is 2. The van der Waals surface area contributed by atoms with Crippen molar-refractivity contribution in [2.45, 2.75) is 26.5 Å². The standard InChI is InChI=1S/C22H20Cl2N4O4/c1-13(2)32-18-8-7-16(11-17(18)24)25-21-26-19(9-10-20(29)30)27-22(31)28(21)12-14-3-5-15(23)6-4-14/h3-11,13H,12H2,1-2H3,(H,29,30)(H,25,26,27,31). The van der Waals surface area contributed by atoms with Crippen LogP contribution in [0.15, 0.2) is 53.3 Å². The maximum Gasteiger partial charge on any atom is 0.352 e. The lowest BCUT2D eigenvalue weighted by atomic mass is 10.2. The summed E-state index contributed by atoms with van der Waals surface area (Å²) in [5, 5.41) is 12.9. The molecule has 2 aromatic carbocycles. The molecule has 0 aliphatic heterocycles. The van der Waals surface area contributed by atoms with Crippen LogP contribution in [0.2, 0.25) is 10.0 Å². The summed E-state index contributed by atoms with van der Waals surface area (Å²) in [4.78, 5) is 31.7. The first-order valence-electron chi connectivity index (χ1n) is 9.59. The van der Waals surface area contributed by atoms with E-state index in [0.717, 1.165) is 17.7 Å². The SMILES string of the molecule is CC(C)Oc1ccc(Nc2nc(C=CC(=O)O)nc(=O)n2Cc2ccc(Cl)cc2)cc1Cl. The van der Waals surface area contributed by atoms with E-state index in [9.17, 15) is 9.59 Å². The quantitative estimate of drug-likeness (QED) is 0.458. The average molecular weight is 475 g/mol. The van der Waals surface area contributed by atoms with Crippen LogP contribution in [0.3, 0.4) is 0 Å². The Balaban J connectivity index is 2.00. The van der Waals surface area contributed by atoms with Crippen molar-refractivity contribution >= 4 is 46.9 Å². The molecule has 0 aliphatic rings. The Bertz CT molecular complexity index is 1210. The number of carboxylic acid groups (broad SMARTS) is 1. The smallest absolute Gasteiger partial charge is 0.352 e. The van der Waals surface area contributed by atoms with Gasteiger partial charge in [0.2, 0.25) is 5.95 Å². The number of halogens is 2. The first-order valence-corrected chi connectivity index (χ1v) is 10.3. The van der Waals surface area contributed by atoms with Gasteiger partial charge in [0.15, 0.2) is 5.82 Å². The first-order chi connectivity index (χ1) is 15.2. The fourth-order valence-corrected chi connectivity index (χ4v) is 3.08. The van der Waals surface area contributed by atoms with Gasteiger partial charge in [-0.05, 0) is 55.8 Å².